The Morgan fingerprint density at radius 3 is 3.04 bits per heavy atom. The first-order valence-corrected chi connectivity index (χ1v) is 8.93. The lowest BCUT2D eigenvalue weighted by Crippen LogP contribution is -2.14. The number of halogens is 1. The Morgan fingerprint density at radius 2 is 2.30 bits per heavy atom. The molecule has 0 saturated heterocycles. The molecule has 0 saturated carbocycles. The number of hydrogen-bond acceptors (Lipinski definition) is 5. The summed E-state index contributed by atoms with van der Waals surface area (Å²) in [5.74, 6) is 0.223. The molecule has 1 N–H and O–H groups in total. The number of nitrogens with zero attached hydrogens (tertiary/aromatic N) is 3. The molecule has 23 heavy (non-hydrogen) atoms. The smallest absolute Gasteiger partial charge is 0.234 e. The highest BCUT2D eigenvalue weighted by molar-refractivity contribution is 9.10. The average Bonchev–Trinajstić information content (AvgIpc) is 2.97. The second kappa shape index (κ2) is 9.05. The van der Waals surface area contributed by atoms with E-state index in [4.69, 9.17) is 4.74 Å². The van der Waals surface area contributed by atoms with Crippen molar-refractivity contribution in [1.82, 2.24) is 14.8 Å². The van der Waals surface area contributed by atoms with Gasteiger partial charge < -0.3 is 14.6 Å². The van der Waals surface area contributed by atoms with Crippen LogP contribution in [0.4, 0.5) is 5.69 Å². The SMILES string of the molecule is COCCCn1cnnc1SCC(=O)Nc1ccc(Br)c(C)c1. The van der Waals surface area contributed by atoms with Gasteiger partial charge in [0.1, 0.15) is 6.33 Å². The average molecular weight is 399 g/mol. The van der Waals surface area contributed by atoms with E-state index in [0.717, 1.165) is 33.8 Å². The number of ether oxygens (including phenoxy) is 1. The van der Waals surface area contributed by atoms with E-state index in [1.807, 2.05) is 29.7 Å². The van der Waals surface area contributed by atoms with Gasteiger partial charge in [0, 0.05) is 30.4 Å². The highest BCUT2D eigenvalue weighted by Gasteiger charge is 2.09. The third-order valence-corrected chi connectivity index (χ3v) is 4.97. The van der Waals surface area contributed by atoms with E-state index in [0.29, 0.717) is 6.61 Å². The molecule has 0 radical (unpaired) electrons. The summed E-state index contributed by atoms with van der Waals surface area (Å²) in [4.78, 5) is 12.1. The second-order valence-corrected chi connectivity index (χ2v) is 6.75. The Bertz CT molecular complexity index is 663. The molecule has 6 nitrogen and oxygen atoms in total. The van der Waals surface area contributed by atoms with E-state index >= 15 is 0 Å². The topological polar surface area (TPSA) is 69.0 Å². The van der Waals surface area contributed by atoms with Crippen LogP contribution in [-0.4, -0.2) is 40.1 Å². The van der Waals surface area contributed by atoms with Crippen LogP contribution in [0.15, 0.2) is 34.2 Å². The Morgan fingerprint density at radius 1 is 1.48 bits per heavy atom. The van der Waals surface area contributed by atoms with Crippen molar-refractivity contribution >= 4 is 39.3 Å². The first-order valence-electron chi connectivity index (χ1n) is 7.15. The van der Waals surface area contributed by atoms with Gasteiger partial charge in [-0.2, -0.15) is 0 Å². The summed E-state index contributed by atoms with van der Waals surface area (Å²) in [6, 6.07) is 5.72. The maximum Gasteiger partial charge on any atom is 0.234 e. The van der Waals surface area contributed by atoms with Crippen LogP contribution in [-0.2, 0) is 16.1 Å². The monoisotopic (exact) mass is 398 g/mol. The summed E-state index contributed by atoms with van der Waals surface area (Å²) in [5.41, 5.74) is 1.87. The number of methoxy groups -OCH3 is 1. The van der Waals surface area contributed by atoms with Crippen LogP contribution >= 0.6 is 27.7 Å². The fourth-order valence-electron chi connectivity index (χ4n) is 1.94. The molecule has 8 heteroatoms. The summed E-state index contributed by atoms with van der Waals surface area (Å²) in [5, 5.41) is 11.6. The minimum absolute atomic E-state index is 0.0665. The minimum Gasteiger partial charge on any atom is -0.385 e. The molecule has 1 aromatic carbocycles. The summed E-state index contributed by atoms with van der Waals surface area (Å²) in [7, 11) is 1.68. The van der Waals surface area contributed by atoms with Gasteiger partial charge in [0.25, 0.3) is 0 Å². The first-order chi connectivity index (χ1) is 11.1. The molecule has 1 heterocycles. The highest BCUT2D eigenvalue weighted by atomic mass is 79.9. The highest BCUT2D eigenvalue weighted by Crippen LogP contribution is 2.21. The van der Waals surface area contributed by atoms with E-state index < -0.39 is 0 Å². The second-order valence-electron chi connectivity index (χ2n) is 4.95. The van der Waals surface area contributed by atoms with Crippen molar-refractivity contribution in [3.05, 3.63) is 34.6 Å². The van der Waals surface area contributed by atoms with Crippen LogP contribution < -0.4 is 5.32 Å². The molecular formula is C15H19BrN4O2S. The molecule has 0 unspecified atom stereocenters. The molecule has 1 amide bonds. The predicted octanol–water partition coefficient (Wildman–Crippen LogP) is 3.12. The van der Waals surface area contributed by atoms with Gasteiger partial charge in [0.05, 0.1) is 5.75 Å². The lowest BCUT2D eigenvalue weighted by atomic mass is 10.2. The lowest BCUT2D eigenvalue weighted by Gasteiger charge is -2.08. The van der Waals surface area contributed by atoms with Gasteiger partial charge in [-0.3, -0.25) is 4.79 Å². The van der Waals surface area contributed by atoms with E-state index in [9.17, 15) is 4.79 Å². The maximum absolute atomic E-state index is 12.1. The predicted molar refractivity (Wildman–Crippen MR) is 94.7 cm³/mol. The van der Waals surface area contributed by atoms with Gasteiger partial charge >= 0.3 is 0 Å². The van der Waals surface area contributed by atoms with Gasteiger partial charge in [0.2, 0.25) is 5.91 Å². The van der Waals surface area contributed by atoms with Crippen LogP contribution in [0.2, 0.25) is 0 Å². The van der Waals surface area contributed by atoms with Crippen LogP contribution in [0.3, 0.4) is 0 Å². The zero-order chi connectivity index (χ0) is 16.7. The molecule has 0 fully saturated rings. The van der Waals surface area contributed by atoms with Crippen molar-refractivity contribution in [2.24, 2.45) is 0 Å². The van der Waals surface area contributed by atoms with Gasteiger partial charge in [0.15, 0.2) is 5.16 Å². The standard InChI is InChI=1S/C15H19BrN4O2S/c1-11-8-12(4-5-13(11)16)18-14(21)9-23-15-19-17-10-20(15)6-3-7-22-2/h4-5,8,10H,3,6-7,9H2,1-2H3,(H,18,21). The zero-order valence-corrected chi connectivity index (χ0v) is 15.5. The van der Waals surface area contributed by atoms with Crippen molar-refractivity contribution < 1.29 is 9.53 Å². The summed E-state index contributed by atoms with van der Waals surface area (Å²) >= 11 is 4.82. The number of benzene rings is 1. The number of thioether (sulfide) groups is 1. The molecular weight excluding hydrogens is 380 g/mol. The summed E-state index contributed by atoms with van der Waals surface area (Å²) in [6.45, 7) is 3.44. The van der Waals surface area contributed by atoms with Crippen LogP contribution in [0.25, 0.3) is 0 Å². The first kappa shape index (κ1) is 18.0. The number of anilines is 1. The number of amides is 1. The molecule has 1 aromatic heterocycles. The number of hydrogen-bond donors (Lipinski definition) is 1. The zero-order valence-electron chi connectivity index (χ0n) is 13.1. The number of rotatable bonds is 8. The Kier molecular flexibility index (Phi) is 7.07. The molecule has 0 bridgehead atoms. The summed E-state index contributed by atoms with van der Waals surface area (Å²) < 4.78 is 7.99. The molecule has 0 aliphatic heterocycles. The largest absolute Gasteiger partial charge is 0.385 e. The van der Waals surface area contributed by atoms with E-state index in [-0.39, 0.29) is 11.7 Å². The molecule has 2 aromatic rings. The fourth-order valence-corrected chi connectivity index (χ4v) is 2.93. The normalized spacial score (nSPS) is 10.7. The molecule has 0 aliphatic carbocycles. The van der Waals surface area contributed by atoms with E-state index in [1.165, 1.54) is 11.8 Å². The Hall–Kier alpha value is -1.38. The quantitative estimate of drug-likeness (QED) is 0.546. The van der Waals surface area contributed by atoms with Crippen LogP contribution in [0, 0.1) is 6.92 Å². The molecule has 0 atom stereocenters. The molecule has 0 spiro atoms. The number of carbonyl (C=O) groups is 1. The molecule has 0 aliphatic rings. The number of aryl methyl sites for hydroxylation is 2. The summed E-state index contributed by atoms with van der Waals surface area (Å²) in [6.07, 6.45) is 2.56. The third-order valence-electron chi connectivity index (χ3n) is 3.10. The van der Waals surface area contributed by atoms with Gasteiger partial charge in [-0.15, -0.1) is 10.2 Å². The number of carbonyl (C=O) groups excluding carboxylic acids is 1. The van der Waals surface area contributed by atoms with Gasteiger partial charge in [-0.25, -0.2) is 0 Å². The van der Waals surface area contributed by atoms with Crippen LogP contribution in [0.5, 0.6) is 0 Å². The fraction of sp³-hybridized carbons (Fsp3) is 0.400. The lowest BCUT2D eigenvalue weighted by molar-refractivity contribution is -0.113. The van der Waals surface area contributed by atoms with Crippen molar-refractivity contribution in [2.45, 2.75) is 25.0 Å². The van der Waals surface area contributed by atoms with Crippen molar-refractivity contribution in [1.29, 1.82) is 0 Å². The molecule has 124 valence electrons. The van der Waals surface area contributed by atoms with Crippen molar-refractivity contribution in [2.75, 3.05) is 24.8 Å². The van der Waals surface area contributed by atoms with Crippen LogP contribution in [0.1, 0.15) is 12.0 Å². The number of aromatic nitrogens is 3. The van der Waals surface area contributed by atoms with Crippen molar-refractivity contribution in [3.8, 4) is 0 Å². The minimum atomic E-state index is -0.0665. The van der Waals surface area contributed by atoms with Gasteiger partial charge in [-0.05, 0) is 37.1 Å². The Labute approximate surface area is 148 Å². The van der Waals surface area contributed by atoms with Gasteiger partial charge in [-0.1, -0.05) is 27.7 Å². The third kappa shape index (κ3) is 5.63. The Balaban J connectivity index is 1.84. The van der Waals surface area contributed by atoms with E-state index in [2.05, 4.69) is 31.4 Å². The number of nitrogens with one attached hydrogen (secondary N) is 1. The van der Waals surface area contributed by atoms with E-state index in [1.54, 1.807) is 13.4 Å². The maximum atomic E-state index is 12.1. The molecule has 2 rings (SSSR count). The van der Waals surface area contributed by atoms with Crippen molar-refractivity contribution in [3.63, 3.8) is 0 Å².